The molecule has 0 bridgehead atoms. The van der Waals surface area contributed by atoms with Gasteiger partial charge in [0.05, 0.1) is 0 Å². The second kappa shape index (κ2) is 5.58. The third-order valence-electron chi connectivity index (χ3n) is 3.33. The second-order valence-electron chi connectivity index (χ2n) is 4.55. The lowest BCUT2D eigenvalue weighted by Crippen LogP contribution is -2.01. The Bertz CT molecular complexity index is 515. The summed E-state index contributed by atoms with van der Waals surface area (Å²) in [7, 11) is 1.93. The highest BCUT2D eigenvalue weighted by Crippen LogP contribution is 2.19. The lowest BCUT2D eigenvalue weighted by atomic mass is 10.1. The minimum Gasteiger partial charge on any atom is -0.388 e. The minimum atomic E-state index is 0.855. The number of benzene rings is 2. The van der Waals surface area contributed by atoms with Gasteiger partial charge in [-0.05, 0) is 48.7 Å². The molecule has 0 aromatic heterocycles. The number of hydrogen-bond donors (Lipinski definition) is 2. The Hall–Kier alpha value is -1.96. The van der Waals surface area contributed by atoms with E-state index in [1.165, 1.54) is 22.4 Å². The van der Waals surface area contributed by atoms with Gasteiger partial charge in [-0.2, -0.15) is 0 Å². The smallest absolute Gasteiger partial charge is 0.0400 e. The van der Waals surface area contributed by atoms with E-state index in [4.69, 9.17) is 0 Å². The van der Waals surface area contributed by atoms with Crippen LogP contribution in [0, 0.1) is 13.8 Å². The predicted octanol–water partition coefficient (Wildman–Crippen LogP) is 3.96. The number of nitrogens with one attached hydrogen (secondary N) is 2. The summed E-state index contributed by atoms with van der Waals surface area (Å²) < 4.78 is 0. The zero-order valence-electron chi connectivity index (χ0n) is 11.2. The molecule has 0 fully saturated rings. The summed E-state index contributed by atoms with van der Waals surface area (Å²) in [6.45, 7) is 5.15. The van der Waals surface area contributed by atoms with E-state index in [0.717, 1.165) is 12.2 Å². The van der Waals surface area contributed by atoms with E-state index in [1.54, 1.807) is 0 Å². The Kier molecular flexibility index (Phi) is 3.88. The van der Waals surface area contributed by atoms with Crippen LogP contribution >= 0.6 is 0 Å². The molecule has 0 amide bonds. The fourth-order valence-corrected chi connectivity index (χ4v) is 1.93. The van der Waals surface area contributed by atoms with E-state index in [-0.39, 0.29) is 0 Å². The standard InChI is InChI=1S/C16H20N2/c1-12-5-4-6-16(13(12)2)18-11-14-7-9-15(17-3)10-8-14/h4-10,17-18H,11H2,1-3H3. The van der Waals surface area contributed by atoms with E-state index < -0.39 is 0 Å². The molecule has 2 heteroatoms. The van der Waals surface area contributed by atoms with Gasteiger partial charge < -0.3 is 10.6 Å². The van der Waals surface area contributed by atoms with Crippen molar-refractivity contribution < 1.29 is 0 Å². The zero-order valence-corrected chi connectivity index (χ0v) is 11.2. The van der Waals surface area contributed by atoms with Crippen LogP contribution in [0.5, 0.6) is 0 Å². The third kappa shape index (κ3) is 2.83. The van der Waals surface area contributed by atoms with Crippen LogP contribution in [0.1, 0.15) is 16.7 Å². The van der Waals surface area contributed by atoms with E-state index in [1.807, 2.05) is 7.05 Å². The molecule has 2 aromatic carbocycles. The van der Waals surface area contributed by atoms with E-state index in [0.29, 0.717) is 0 Å². The van der Waals surface area contributed by atoms with Crippen LogP contribution < -0.4 is 10.6 Å². The van der Waals surface area contributed by atoms with E-state index >= 15 is 0 Å². The SMILES string of the molecule is CNc1ccc(CNc2cccc(C)c2C)cc1. The average Bonchev–Trinajstić information content (AvgIpc) is 2.41. The largest absolute Gasteiger partial charge is 0.388 e. The molecule has 0 spiro atoms. The van der Waals surface area contributed by atoms with Gasteiger partial charge in [-0.25, -0.2) is 0 Å². The lowest BCUT2D eigenvalue weighted by molar-refractivity contribution is 1.13. The molecule has 0 unspecified atom stereocenters. The highest BCUT2D eigenvalue weighted by atomic mass is 14.9. The Morgan fingerprint density at radius 3 is 2.33 bits per heavy atom. The maximum absolute atomic E-state index is 3.49. The third-order valence-corrected chi connectivity index (χ3v) is 3.33. The van der Waals surface area contributed by atoms with Gasteiger partial charge in [-0.15, -0.1) is 0 Å². The molecule has 0 radical (unpaired) electrons. The number of hydrogen-bond acceptors (Lipinski definition) is 2. The van der Waals surface area contributed by atoms with Gasteiger partial charge in [-0.1, -0.05) is 24.3 Å². The first kappa shape index (κ1) is 12.5. The maximum atomic E-state index is 3.49. The van der Waals surface area contributed by atoms with Gasteiger partial charge in [0.2, 0.25) is 0 Å². The Morgan fingerprint density at radius 1 is 0.944 bits per heavy atom. The number of anilines is 2. The molecule has 2 aromatic rings. The Morgan fingerprint density at radius 2 is 1.67 bits per heavy atom. The van der Waals surface area contributed by atoms with Crippen molar-refractivity contribution in [2.24, 2.45) is 0 Å². The number of aryl methyl sites for hydroxylation is 1. The van der Waals surface area contributed by atoms with Crippen molar-refractivity contribution in [2.75, 3.05) is 17.7 Å². The molecular formula is C16H20N2. The summed E-state index contributed by atoms with van der Waals surface area (Å²) in [5, 5.41) is 6.61. The van der Waals surface area contributed by atoms with E-state index in [9.17, 15) is 0 Å². The van der Waals surface area contributed by atoms with Crippen LogP contribution in [0.15, 0.2) is 42.5 Å². The van der Waals surface area contributed by atoms with Gasteiger partial charge in [0.1, 0.15) is 0 Å². The summed E-state index contributed by atoms with van der Waals surface area (Å²) in [5.41, 5.74) is 6.29. The first-order chi connectivity index (χ1) is 8.70. The number of rotatable bonds is 4. The first-order valence-electron chi connectivity index (χ1n) is 6.27. The van der Waals surface area contributed by atoms with Crippen molar-refractivity contribution in [2.45, 2.75) is 20.4 Å². The Balaban J connectivity index is 2.04. The van der Waals surface area contributed by atoms with Crippen LogP contribution in [0.3, 0.4) is 0 Å². The van der Waals surface area contributed by atoms with Crippen LogP contribution in [0.4, 0.5) is 11.4 Å². The molecule has 0 aliphatic rings. The molecule has 0 aliphatic carbocycles. The van der Waals surface area contributed by atoms with Crippen LogP contribution in [-0.2, 0) is 6.54 Å². The summed E-state index contributed by atoms with van der Waals surface area (Å²) in [6.07, 6.45) is 0. The summed E-state index contributed by atoms with van der Waals surface area (Å²) in [4.78, 5) is 0. The summed E-state index contributed by atoms with van der Waals surface area (Å²) in [6, 6.07) is 14.8. The minimum absolute atomic E-state index is 0.855. The molecule has 0 heterocycles. The topological polar surface area (TPSA) is 24.1 Å². The fourth-order valence-electron chi connectivity index (χ4n) is 1.93. The first-order valence-corrected chi connectivity index (χ1v) is 6.27. The molecule has 2 N–H and O–H groups in total. The van der Waals surface area contributed by atoms with Gasteiger partial charge in [0.15, 0.2) is 0 Å². The van der Waals surface area contributed by atoms with Crippen LogP contribution in [0.25, 0.3) is 0 Å². The van der Waals surface area contributed by atoms with Crippen molar-refractivity contribution in [3.8, 4) is 0 Å². The van der Waals surface area contributed by atoms with Crippen LogP contribution in [0.2, 0.25) is 0 Å². The molecule has 94 valence electrons. The van der Waals surface area contributed by atoms with Crippen molar-refractivity contribution in [1.29, 1.82) is 0 Å². The maximum Gasteiger partial charge on any atom is 0.0400 e. The summed E-state index contributed by atoms with van der Waals surface area (Å²) in [5.74, 6) is 0. The second-order valence-corrected chi connectivity index (χ2v) is 4.55. The summed E-state index contributed by atoms with van der Waals surface area (Å²) >= 11 is 0. The van der Waals surface area contributed by atoms with Gasteiger partial charge >= 0.3 is 0 Å². The molecule has 0 saturated heterocycles. The molecule has 0 saturated carbocycles. The molecule has 0 aliphatic heterocycles. The molecular weight excluding hydrogens is 220 g/mol. The fraction of sp³-hybridized carbons (Fsp3) is 0.250. The monoisotopic (exact) mass is 240 g/mol. The van der Waals surface area contributed by atoms with E-state index in [2.05, 4.69) is 66.9 Å². The average molecular weight is 240 g/mol. The highest BCUT2D eigenvalue weighted by molar-refractivity contribution is 5.54. The van der Waals surface area contributed by atoms with Gasteiger partial charge in [0, 0.05) is 25.0 Å². The normalized spacial score (nSPS) is 10.2. The molecule has 2 nitrogen and oxygen atoms in total. The quantitative estimate of drug-likeness (QED) is 0.845. The molecule has 2 rings (SSSR count). The van der Waals surface area contributed by atoms with Crippen molar-refractivity contribution in [3.63, 3.8) is 0 Å². The molecule has 18 heavy (non-hydrogen) atoms. The Labute approximate surface area is 109 Å². The van der Waals surface area contributed by atoms with Gasteiger partial charge in [0.25, 0.3) is 0 Å². The predicted molar refractivity (Wildman–Crippen MR) is 79.2 cm³/mol. The lowest BCUT2D eigenvalue weighted by Gasteiger charge is -2.11. The van der Waals surface area contributed by atoms with Gasteiger partial charge in [-0.3, -0.25) is 0 Å². The van der Waals surface area contributed by atoms with Crippen molar-refractivity contribution in [3.05, 3.63) is 59.2 Å². The van der Waals surface area contributed by atoms with Crippen molar-refractivity contribution >= 4 is 11.4 Å². The molecule has 0 atom stereocenters. The van der Waals surface area contributed by atoms with Crippen LogP contribution in [-0.4, -0.2) is 7.05 Å². The van der Waals surface area contributed by atoms with Crippen molar-refractivity contribution in [1.82, 2.24) is 0 Å². The zero-order chi connectivity index (χ0) is 13.0. The highest BCUT2D eigenvalue weighted by Gasteiger charge is 2.00.